The lowest BCUT2D eigenvalue weighted by molar-refractivity contribution is -0.116. The normalized spacial score (nSPS) is 10.4. The van der Waals surface area contributed by atoms with E-state index in [1.54, 1.807) is 13.1 Å². The van der Waals surface area contributed by atoms with E-state index in [1.807, 2.05) is 6.92 Å². The summed E-state index contributed by atoms with van der Waals surface area (Å²) in [6.45, 7) is 1.82. The van der Waals surface area contributed by atoms with Gasteiger partial charge in [0.05, 0.1) is 5.69 Å². The first kappa shape index (κ1) is 13.3. The minimum absolute atomic E-state index is 0.146. The molecule has 0 aliphatic carbocycles. The van der Waals surface area contributed by atoms with Gasteiger partial charge in [-0.3, -0.25) is 9.59 Å². The van der Waals surface area contributed by atoms with Crippen LogP contribution in [0.4, 0.5) is 5.13 Å². The number of carbonyl (C=O) groups excluding carboxylic acids is 1. The van der Waals surface area contributed by atoms with Crippen LogP contribution < -0.4 is 10.9 Å². The Hall–Kier alpha value is -2.09. The number of amides is 1. The Morgan fingerprint density at radius 2 is 2.21 bits per heavy atom. The van der Waals surface area contributed by atoms with Crippen LogP contribution in [0.25, 0.3) is 0 Å². The van der Waals surface area contributed by atoms with Gasteiger partial charge in [0.25, 0.3) is 5.56 Å². The molecular weight excluding hydrogens is 266 g/mol. The van der Waals surface area contributed by atoms with Crippen LogP contribution in [0.1, 0.15) is 17.1 Å². The molecule has 0 aliphatic rings. The van der Waals surface area contributed by atoms with Gasteiger partial charge in [0.1, 0.15) is 5.01 Å². The summed E-state index contributed by atoms with van der Waals surface area (Å²) in [7, 11) is 1.58. The van der Waals surface area contributed by atoms with Gasteiger partial charge in [-0.25, -0.2) is 4.68 Å². The Balaban J connectivity index is 1.89. The number of aromatic nitrogens is 4. The molecule has 2 aromatic rings. The van der Waals surface area contributed by atoms with Crippen LogP contribution in [0.2, 0.25) is 0 Å². The summed E-state index contributed by atoms with van der Waals surface area (Å²) >= 11 is 1.33. The highest BCUT2D eigenvalue weighted by Crippen LogP contribution is 2.13. The van der Waals surface area contributed by atoms with E-state index in [2.05, 4.69) is 20.6 Å². The Morgan fingerprint density at radius 3 is 2.84 bits per heavy atom. The van der Waals surface area contributed by atoms with Crippen molar-refractivity contribution in [2.75, 3.05) is 5.32 Å². The third kappa shape index (κ3) is 3.68. The zero-order valence-electron chi connectivity index (χ0n) is 10.6. The van der Waals surface area contributed by atoms with Crippen molar-refractivity contribution in [3.63, 3.8) is 0 Å². The molecule has 0 atom stereocenters. The van der Waals surface area contributed by atoms with Gasteiger partial charge < -0.3 is 5.32 Å². The van der Waals surface area contributed by atoms with E-state index in [-0.39, 0.29) is 17.9 Å². The molecule has 0 radical (unpaired) electrons. The van der Waals surface area contributed by atoms with E-state index in [4.69, 9.17) is 0 Å². The summed E-state index contributed by atoms with van der Waals surface area (Å²) in [6, 6.07) is 3.07. The highest BCUT2D eigenvalue weighted by Gasteiger charge is 2.07. The SMILES string of the molecule is Cc1nnc(NC(=O)CCc2ccc(=O)n(C)n2)s1. The number of nitrogens with one attached hydrogen (secondary N) is 1. The van der Waals surface area contributed by atoms with E-state index in [0.717, 1.165) is 5.01 Å². The fourth-order valence-corrected chi connectivity index (χ4v) is 2.06. The van der Waals surface area contributed by atoms with Crippen LogP contribution in [-0.2, 0) is 18.3 Å². The van der Waals surface area contributed by atoms with E-state index in [0.29, 0.717) is 17.2 Å². The predicted octanol–water partition coefficient (Wildman–Crippen LogP) is 0.512. The maximum atomic E-state index is 11.7. The molecule has 0 bridgehead atoms. The summed E-state index contributed by atoms with van der Waals surface area (Å²) in [5, 5.41) is 15.6. The molecule has 1 amide bonds. The molecule has 0 saturated carbocycles. The summed E-state index contributed by atoms with van der Waals surface area (Å²) in [4.78, 5) is 22.8. The Bertz CT molecular complexity index is 649. The molecule has 0 spiro atoms. The monoisotopic (exact) mass is 279 g/mol. The van der Waals surface area contributed by atoms with Crippen LogP contribution in [-0.4, -0.2) is 25.9 Å². The second-order valence-corrected chi connectivity index (χ2v) is 5.14. The van der Waals surface area contributed by atoms with E-state index >= 15 is 0 Å². The molecule has 19 heavy (non-hydrogen) atoms. The zero-order valence-corrected chi connectivity index (χ0v) is 11.4. The summed E-state index contributed by atoms with van der Waals surface area (Å²) in [5.74, 6) is -0.146. The first-order valence-corrected chi connectivity index (χ1v) is 6.49. The molecule has 0 saturated heterocycles. The highest BCUT2D eigenvalue weighted by atomic mass is 32.1. The van der Waals surface area contributed by atoms with Gasteiger partial charge >= 0.3 is 0 Å². The number of aryl methyl sites for hydroxylation is 3. The minimum atomic E-state index is -0.169. The van der Waals surface area contributed by atoms with Gasteiger partial charge in [-0.1, -0.05) is 11.3 Å². The lowest BCUT2D eigenvalue weighted by atomic mass is 10.2. The average molecular weight is 279 g/mol. The molecule has 0 aliphatic heterocycles. The maximum absolute atomic E-state index is 11.7. The van der Waals surface area contributed by atoms with Crippen LogP contribution in [0, 0.1) is 6.92 Å². The van der Waals surface area contributed by atoms with Crippen molar-refractivity contribution < 1.29 is 4.79 Å². The molecule has 8 heteroatoms. The summed E-state index contributed by atoms with van der Waals surface area (Å²) < 4.78 is 1.25. The third-order valence-electron chi connectivity index (χ3n) is 2.40. The molecule has 0 aromatic carbocycles. The number of hydrogen-bond acceptors (Lipinski definition) is 6. The van der Waals surface area contributed by atoms with Crippen molar-refractivity contribution in [1.29, 1.82) is 0 Å². The molecule has 100 valence electrons. The molecular formula is C11H13N5O2S. The molecule has 2 heterocycles. The maximum Gasteiger partial charge on any atom is 0.266 e. The number of hydrogen-bond donors (Lipinski definition) is 1. The van der Waals surface area contributed by atoms with Gasteiger partial charge in [-0.15, -0.1) is 10.2 Å². The van der Waals surface area contributed by atoms with E-state index in [1.165, 1.54) is 22.1 Å². The quantitative estimate of drug-likeness (QED) is 0.880. The average Bonchev–Trinajstić information content (AvgIpc) is 2.76. The zero-order chi connectivity index (χ0) is 13.8. The number of nitrogens with zero attached hydrogens (tertiary/aromatic N) is 4. The van der Waals surface area contributed by atoms with Gasteiger partial charge in [0.2, 0.25) is 11.0 Å². The molecule has 0 unspecified atom stereocenters. The molecule has 2 rings (SSSR count). The molecule has 2 aromatic heterocycles. The Kier molecular flexibility index (Phi) is 4.00. The van der Waals surface area contributed by atoms with Crippen LogP contribution >= 0.6 is 11.3 Å². The predicted molar refractivity (Wildman–Crippen MR) is 71.1 cm³/mol. The first-order chi connectivity index (χ1) is 9.04. The van der Waals surface area contributed by atoms with Crippen molar-refractivity contribution in [1.82, 2.24) is 20.0 Å². The van der Waals surface area contributed by atoms with E-state index < -0.39 is 0 Å². The van der Waals surface area contributed by atoms with Crippen molar-refractivity contribution >= 4 is 22.4 Å². The lowest BCUT2D eigenvalue weighted by Gasteiger charge is -2.02. The standard InChI is InChI=1S/C11H13N5O2S/c1-7-13-14-11(19-7)12-9(17)5-3-8-4-6-10(18)16(2)15-8/h4,6H,3,5H2,1-2H3,(H,12,14,17). The summed E-state index contributed by atoms with van der Waals surface area (Å²) in [6.07, 6.45) is 0.752. The molecule has 0 fully saturated rings. The second-order valence-electron chi connectivity index (χ2n) is 3.96. The minimum Gasteiger partial charge on any atom is -0.301 e. The van der Waals surface area contributed by atoms with Gasteiger partial charge in [0, 0.05) is 26.0 Å². The molecule has 7 nitrogen and oxygen atoms in total. The van der Waals surface area contributed by atoms with Crippen LogP contribution in [0.3, 0.4) is 0 Å². The van der Waals surface area contributed by atoms with Gasteiger partial charge in [0.15, 0.2) is 0 Å². The Labute approximate surface area is 113 Å². The van der Waals surface area contributed by atoms with Crippen LogP contribution in [0.5, 0.6) is 0 Å². The number of carbonyl (C=O) groups is 1. The van der Waals surface area contributed by atoms with Gasteiger partial charge in [-0.05, 0) is 13.0 Å². The van der Waals surface area contributed by atoms with Crippen molar-refractivity contribution in [3.8, 4) is 0 Å². The lowest BCUT2D eigenvalue weighted by Crippen LogP contribution is -2.20. The second kappa shape index (κ2) is 5.70. The van der Waals surface area contributed by atoms with Gasteiger partial charge in [-0.2, -0.15) is 5.10 Å². The largest absolute Gasteiger partial charge is 0.301 e. The summed E-state index contributed by atoms with van der Waals surface area (Å²) in [5.41, 5.74) is 0.531. The van der Waals surface area contributed by atoms with Crippen molar-refractivity contribution in [2.24, 2.45) is 7.05 Å². The highest BCUT2D eigenvalue weighted by molar-refractivity contribution is 7.15. The van der Waals surface area contributed by atoms with Crippen molar-refractivity contribution in [2.45, 2.75) is 19.8 Å². The fraction of sp³-hybridized carbons (Fsp3) is 0.364. The first-order valence-electron chi connectivity index (χ1n) is 5.68. The number of rotatable bonds is 4. The van der Waals surface area contributed by atoms with E-state index in [9.17, 15) is 9.59 Å². The third-order valence-corrected chi connectivity index (χ3v) is 3.15. The van der Waals surface area contributed by atoms with Crippen molar-refractivity contribution in [3.05, 3.63) is 33.2 Å². The molecule has 1 N–H and O–H groups in total. The fourth-order valence-electron chi connectivity index (χ4n) is 1.45. The van der Waals surface area contributed by atoms with Crippen LogP contribution in [0.15, 0.2) is 16.9 Å². The number of anilines is 1. The Morgan fingerprint density at radius 1 is 1.42 bits per heavy atom. The smallest absolute Gasteiger partial charge is 0.266 e. The topological polar surface area (TPSA) is 89.8 Å².